The monoisotopic (exact) mass is 387 g/mol. The summed E-state index contributed by atoms with van der Waals surface area (Å²) in [6, 6.07) is 4.80. The van der Waals surface area contributed by atoms with E-state index in [9.17, 15) is 0 Å². The van der Waals surface area contributed by atoms with E-state index in [2.05, 4.69) is 45.1 Å². The van der Waals surface area contributed by atoms with Crippen LogP contribution in [-0.2, 0) is 11.3 Å². The highest BCUT2D eigenvalue weighted by Crippen LogP contribution is 2.25. The molecule has 146 valence electrons. The fourth-order valence-electron chi connectivity index (χ4n) is 3.87. The van der Waals surface area contributed by atoms with Gasteiger partial charge in [-0.3, -0.25) is 4.90 Å². The van der Waals surface area contributed by atoms with E-state index in [0.29, 0.717) is 6.04 Å². The minimum atomic E-state index is 0.540. The first-order valence-electron chi connectivity index (χ1n) is 9.84. The first-order chi connectivity index (χ1) is 13.2. The average molecular weight is 388 g/mol. The summed E-state index contributed by atoms with van der Waals surface area (Å²) in [5.41, 5.74) is 1.43. The maximum Gasteiger partial charge on any atom is 0.227 e. The fraction of sp³-hybridized carbons (Fsp3) is 0.600. The molecule has 7 heteroatoms. The van der Waals surface area contributed by atoms with Gasteiger partial charge in [0.25, 0.3) is 0 Å². The quantitative estimate of drug-likeness (QED) is 0.786. The lowest BCUT2D eigenvalue weighted by atomic mass is 10.0. The molecule has 0 spiro atoms. The van der Waals surface area contributed by atoms with Gasteiger partial charge in [0.1, 0.15) is 5.82 Å². The lowest BCUT2D eigenvalue weighted by Gasteiger charge is -2.37. The van der Waals surface area contributed by atoms with E-state index in [1.807, 2.05) is 23.6 Å². The van der Waals surface area contributed by atoms with Crippen molar-refractivity contribution in [1.82, 2.24) is 14.9 Å². The fourth-order valence-corrected chi connectivity index (χ4v) is 4.82. The van der Waals surface area contributed by atoms with Crippen LogP contribution in [0.5, 0.6) is 0 Å². The number of ether oxygens (including phenoxy) is 1. The smallest absolute Gasteiger partial charge is 0.227 e. The van der Waals surface area contributed by atoms with E-state index in [1.165, 1.54) is 23.3 Å². The van der Waals surface area contributed by atoms with Crippen LogP contribution < -0.4 is 9.80 Å². The number of thiophene rings is 1. The Bertz CT molecular complexity index is 737. The Morgan fingerprint density at radius 3 is 2.67 bits per heavy atom. The van der Waals surface area contributed by atoms with Gasteiger partial charge in [-0.15, -0.1) is 11.3 Å². The summed E-state index contributed by atoms with van der Waals surface area (Å²) in [7, 11) is 2.18. The van der Waals surface area contributed by atoms with E-state index in [1.54, 1.807) is 0 Å². The number of aromatic nitrogens is 2. The third-order valence-corrected chi connectivity index (χ3v) is 6.73. The molecule has 4 heterocycles. The van der Waals surface area contributed by atoms with Crippen LogP contribution in [0.25, 0.3) is 0 Å². The van der Waals surface area contributed by atoms with Crippen LogP contribution in [-0.4, -0.2) is 67.4 Å². The van der Waals surface area contributed by atoms with Gasteiger partial charge >= 0.3 is 0 Å². The van der Waals surface area contributed by atoms with Gasteiger partial charge in [0.05, 0.1) is 13.2 Å². The minimum Gasteiger partial charge on any atom is -0.378 e. The van der Waals surface area contributed by atoms with Gasteiger partial charge in [-0.25, -0.2) is 4.98 Å². The Labute approximate surface area is 165 Å². The van der Waals surface area contributed by atoms with Crippen molar-refractivity contribution in [3.05, 3.63) is 34.2 Å². The van der Waals surface area contributed by atoms with Crippen LogP contribution in [0, 0.1) is 6.92 Å². The zero-order valence-electron chi connectivity index (χ0n) is 16.3. The van der Waals surface area contributed by atoms with Crippen molar-refractivity contribution in [3.63, 3.8) is 0 Å². The first-order valence-corrected chi connectivity index (χ1v) is 10.7. The molecule has 0 aromatic carbocycles. The molecule has 0 bridgehead atoms. The number of anilines is 2. The van der Waals surface area contributed by atoms with Gasteiger partial charge in [-0.2, -0.15) is 4.98 Å². The van der Waals surface area contributed by atoms with Crippen molar-refractivity contribution in [3.8, 4) is 0 Å². The van der Waals surface area contributed by atoms with E-state index >= 15 is 0 Å². The topological polar surface area (TPSA) is 44.7 Å². The summed E-state index contributed by atoms with van der Waals surface area (Å²) in [5.74, 6) is 1.85. The number of morpholine rings is 1. The van der Waals surface area contributed by atoms with Crippen molar-refractivity contribution < 1.29 is 4.74 Å². The molecule has 0 saturated carbocycles. The maximum absolute atomic E-state index is 5.44. The number of hydrogen-bond donors (Lipinski definition) is 0. The predicted octanol–water partition coefficient (Wildman–Crippen LogP) is 2.78. The molecule has 0 aliphatic carbocycles. The zero-order chi connectivity index (χ0) is 18.6. The van der Waals surface area contributed by atoms with Gasteiger partial charge in [0, 0.05) is 56.9 Å². The van der Waals surface area contributed by atoms with Crippen molar-refractivity contribution >= 4 is 23.1 Å². The second kappa shape index (κ2) is 8.54. The van der Waals surface area contributed by atoms with E-state index in [0.717, 1.165) is 57.7 Å². The van der Waals surface area contributed by atoms with Crippen LogP contribution in [0.1, 0.15) is 23.3 Å². The van der Waals surface area contributed by atoms with Crippen LogP contribution >= 0.6 is 11.3 Å². The number of likely N-dealkylation sites (tertiary alicyclic amines) is 1. The van der Waals surface area contributed by atoms with Gasteiger partial charge < -0.3 is 14.5 Å². The summed E-state index contributed by atoms with van der Waals surface area (Å²) in [6.07, 6.45) is 4.24. The molecular formula is C20H29N5OS. The van der Waals surface area contributed by atoms with Crippen molar-refractivity contribution in [2.24, 2.45) is 0 Å². The highest BCUT2D eigenvalue weighted by Gasteiger charge is 2.24. The molecule has 0 radical (unpaired) electrons. The van der Waals surface area contributed by atoms with E-state index in [4.69, 9.17) is 9.72 Å². The summed E-state index contributed by atoms with van der Waals surface area (Å²) in [5, 5.41) is 2.20. The summed E-state index contributed by atoms with van der Waals surface area (Å²) in [6.45, 7) is 8.85. The molecule has 27 heavy (non-hydrogen) atoms. The van der Waals surface area contributed by atoms with Crippen molar-refractivity contribution in [2.75, 3.05) is 56.2 Å². The van der Waals surface area contributed by atoms with E-state index in [-0.39, 0.29) is 0 Å². The van der Waals surface area contributed by atoms with Gasteiger partial charge in [0.15, 0.2) is 0 Å². The molecule has 2 saturated heterocycles. The Kier molecular flexibility index (Phi) is 5.90. The molecule has 4 rings (SSSR count). The van der Waals surface area contributed by atoms with Crippen LogP contribution in [0.15, 0.2) is 23.7 Å². The van der Waals surface area contributed by atoms with Crippen molar-refractivity contribution in [1.29, 1.82) is 0 Å². The summed E-state index contributed by atoms with van der Waals surface area (Å²) in [4.78, 5) is 18.0. The third kappa shape index (κ3) is 4.42. The molecule has 6 nitrogen and oxygen atoms in total. The summed E-state index contributed by atoms with van der Waals surface area (Å²) < 4.78 is 5.44. The molecule has 0 N–H and O–H groups in total. The maximum atomic E-state index is 5.44. The Morgan fingerprint density at radius 1 is 1.19 bits per heavy atom. The van der Waals surface area contributed by atoms with E-state index < -0.39 is 0 Å². The normalized spacial score (nSPS) is 19.4. The highest BCUT2D eigenvalue weighted by molar-refractivity contribution is 7.10. The number of hydrogen-bond acceptors (Lipinski definition) is 7. The SMILES string of the molecule is Cc1ccsc1CN1CCC(N(C)c2ccnc(N3CCOCC3)n2)CC1. The Morgan fingerprint density at radius 2 is 1.96 bits per heavy atom. The number of aryl methyl sites for hydroxylation is 1. The van der Waals surface area contributed by atoms with Crippen molar-refractivity contribution in [2.45, 2.75) is 32.4 Å². The molecule has 0 atom stereocenters. The first kappa shape index (κ1) is 18.7. The molecule has 2 aliphatic rings. The van der Waals surface area contributed by atoms with Crippen LogP contribution in [0.3, 0.4) is 0 Å². The Balaban J connectivity index is 1.35. The number of rotatable bonds is 5. The molecule has 2 aromatic heterocycles. The second-order valence-electron chi connectivity index (χ2n) is 7.46. The second-order valence-corrected chi connectivity index (χ2v) is 8.46. The van der Waals surface area contributed by atoms with Gasteiger partial charge in [0.2, 0.25) is 5.95 Å². The largest absolute Gasteiger partial charge is 0.378 e. The number of piperidine rings is 1. The van der Waals surface area contributed by atoms with Gasteiger partial charge in [-0.05, 0) is 42.8 Å². The Hall–Kier alpha value is -1.70. The molecular weight excluding hydrogens is 358 g/mol. The predicted molar refractivity (Wildman–Crippen MR) is 111 cm³/mol. The molecule has 0 amide bonds. The molecule has 2 fully saturated rings. The minimum absolute atomic E-state index is 0.540. The van der Waals surface area contributed by atoms with Crippen LogP contribution in [0.2, 0.25) is 0 Å². The molecule has 2 aromatic rings. The summed E-state index contributed by atoms with van der Waals surface area (Å²) >= 11 is 1.88. The average Bonchev–Trinajstić information content (AvgIpc) is 3.13. The lowest BCUT2D eigenvalue weighted by molar-refractivity contribution is 0.122. The lowest BCUT2D eigenvalue weighted by Crippen LogP contribution is -2.43. The highest BCUT2D eigenvalue weighted by atomic mass is 32.1. The van der Waals surface area contributed by atoms with Crippen LogP contribution in [0.4, 0.5) is 11.8 Å². The molecule has 2 aliphatic heterocycles. The molecule has 0 unspecified atom stereocenters. The standard InChI is InChI=1S/C20H29N5OS/c1-16-6-14-27-18(16)15-24-8-4-17(5-9-24)23(2)19-3-7-21-20(22-19)25-10-12-26-13-11-25/h3,6-7,14,17H,4-5,8-13,15H2,1-2H3. The third-order valence-electron chi connectivity index (χ3n) is 5.72. The number of nitrogens with zero attached hydrogens (tertiary/aromatic N) is 5. The zero-order valence-corrected chi connectivity index (χ0v) is 17.1. The van der Waals surface area contributed by atoms with Gasteiger partial charge in [-0.1, -0.05) is 0 Å².